The van der Waals surface area contributed by atoms with Crippen LogP contribution in [0.3, 0.4) is 0 Å². The molecule has 1 aliphatic heterocycles. The van der Waals surface area contributed by atoms with Crippen LogP contribution < -0.4 is 4.90 Å². The summed E-state index contributed by atoms with van der Waals surface area (Å²) in [5.74, 6) is -0.0735. The average molecular weight is 421 g/mol. The van der Waals surface area contributed by atoms with E-state index in [0.717, 1.165) is 0 Å². The summed E-state index contributed by atoms with van der Waals surface area (Å²) in [5.41, 5.74) is -1.18. The summed E-state index contributed by atoms with van der Waals surface area (Å²) in [4.78, 5) is 39.1. The minimum absolute atomic E-state index is 0.0735. The molecule has 1 aliphatic rings. The van der Waals surface area contributed by atoms with Crippen LogP contribution in [0.1, 0.15) is 54.0 Å². The Balaban J connectivity index is 2.07. The van der Waals surface area contributed by atoms with E-state index >= 15 is 0 Å². The van der Waals surface area contributed by atoms with Crippen molar-refractivity contribution in [3.63, 3.8) is 0 Å². The Bertz CT molecular complexity index is 917. The van der Waals surface area contributed by atoms with Crippen molar-refractivity contribution in [3.8, 4) is 0 Å². The van der Waals surface area contributed by atoms with Crippen molar-refractivity contribution in [2.45, 2.75) is 71.5 Å². The molecule has 0 spiro atoms. The summed E-state index contributed by atoms with van der Waals surface area (Å²) in [5, 5.41) is 10.1. The lowest BCUT2D eigenvalue weighted by Crippen LogP contribution is -2.44. The van der Waals surface area contributed by atoms with Crippen LogP contribution >= 0.6 is 0 Å². The highest BCUT2D eigenvalue weighted by Crippen LogP contribution is 2.31. The quantitative estimate of drug-likeness (QED) is 0.778. The lowest BCUT2D eigenvalue weighted by atomic mass is 10.2. The Hall–Kier alpha value is -2.79. The van der Waals surface area contributed by atoms with E-state index in [1.165, 1.54) is 12.7 Å². The van der Waals surface area contributed by atoms with Gasteiger partial charge in [0.25, 0.3) is 0 Å². The molecule has 0 aromatic carbocycles. The highest BCUT2D eigenvalue weighted by Gasteiger charge is 2.36. The molecule has 2 aromatic heterocycles. The number of carbonyl (C=O) groups excluding carboxylic acids is 2. The molecular weight excluding hydrogens is 394 g/mol. The number of nitrogens with zero attached hydrogens (tertiary/aromatic N) is 5. The zero-order valence-corrected chi connectivity index (χ0v) is 17.9. The fourth-order valence-corrected chi connectivity index (χ4v) is 2.95. The number of rotatable bonds is 2. The third-order valence-electron chi connectivity index (χ3n) is 4.09. The zero-order valence-electron chi connectivity index (χ0n) is 17.9. The van der Waals surface area contributed by atoms with E-state index in [1.807, 2.05) is 0 Å². The number of hydrogen-bond acceptors (Lipinski definition) is 9. The standard InChI is InChI=1S/C19H27N5O6/c1-18(2,3)29-16(26)24(17(27)30-19(4,5)6)14-12-13(20-9-21-14)23(10-22-12)11-7-8-28-15(11)25/h9-11,15,25H,7-8H2,1-6H3. The van der Waals surface area contributed by atoms with Crippen LogP contribution in [-0.2, 0) is 14.2 Å². The maximum absolute atomic E-state index is 12.9. The SMILES string of the molecule is CC(C)(C)OC(=O)N(C(=O)OC(C)(C)C)c1ncnc2c1ncn2C1CCOC1O. The summed E-state index contributed by atoms with van der Waals surface area (Å²) in [6, 6.07) is -0.394. The monoisotopic (exact) mass is 421 g/mol. The second kappa shape index (κ2) is 7.80. The highest BCUT2D eigenvalue weighted by atomic mass is 16.6. The van der Waals surface area contributed by atoms with Crippen LogP contribution in [0.4, 0.5) is 15.4 Å². The number of aliphatic hydroxyl groups excluding tert-OH is 1. The molecule has 3 heterocycles. The Kier molecular flexibility index (Phi) is 5.70. The number of amides is 2. The van der Waals surface area contributed by atoms with E-state index in [2.05, 4.69) is 15.0 Å². The second-order valence-electron chi connectivity index (χ2n) is 8.93. The number of imidazole rings is 1. The number of hydrogen-bond donors (Lipinski definition) is 1. The molecule has 11 heteroatoms. The molecule has 2 amide bonds. The number of carbonyl (C=O) groups is 2. The molecule has 2 aromatic rings. The molecule has 2 atom stereocenters. The Morgan fingerprint density at radius 3 is 2.20 bits per heavy atom. The van der Waals surface area contributed by atoms with Crippen LogP contribution in [0.2, 0.25) is 0 Å². The molecule has 0 radical (unpaired) electrons. The van der Waals surface area contributed by atoms with Crippen molar-refractivity contribution in [1.29, 1.82) is 0 Å². The van der Waals surface area contributed by atoms with Crippen molar-refractivity contribution >= 4 is 29.2 Å². The zero-order chi connectivity index (χ0) is 22.3. The number of anilines is 1. The maximum atomic E-state index is 12.9. The van der Waals surface area contributed by atoms with E-state index in [9.17, 15) is 14.7 Å². The predicted molar refractivity (Wildman–Crippen MR) is 106 cm³/mol. The second-order valence-corrected chi connectivity index (χ2v) is 8.93. The Morgan fingerprint density at radius 2 is 1.70 bits per heavy atom. The average Bonchev–Trinajstić information content (AvgIpc) is 3.17. The number of ether oxygens (including phenoxy) is 3. The van der Waals surface area contributed by atoms with Crippen molar-refractivity contribution in [3.05, 3.63) is 12.7 Å². The summed E-state index contributed by atoms with van der Waals surface area (Å²) >= 11 is 0. The van der Waals surface area contributed by atoms with Crippen molar-refractivity contribution in [2.24, 2.45) is 0 Å². The van der Waals surface area contributed by atoms with E-state index in [-0.39, 0.29) is 11.3 Å². The Morgan fingerprint density at radius 1 is 1.10 bits per heavy atom. The van der Waals surface area contributed by atoms with Gasteiger partial charge < -0.3 is 23.9 Å². The smallest absolute Gasteiger partial charge is 0.425 e. The first-order valence-corrected chi connectivity index (χ1v) is 9.61. The van der Waals surface area contributed by atoms with E-state index in [0.29, 0.717) is 23.6 Å². The fraction of sp³-hybridized carbons (Fsp3) is 0.632. The van der Waals surface area contributed by atoms with Gasteiger partial charge in [0.15, 0.2) is 23.3 Å². The van der Waals surface area contributed by atoms with Crippen molar-refractivity contribution < 1.29 is 28.9 Å². The molecule has 0 aliphatic carbocycles. The number of aromatic nitrogens is 4. The largest absolute Gasteiger partial charge is 0.443 e. The number of imide groups is 1. The molecule has 164 valence electrons. The van der Waals surface area contributed by atoms with Crippen LogP contribution in [0.5, 0.6) is 0 Å². The van der Waals surface area contributed by atoms with Gasteiger partial charge in [0.05, 0.1) is 19.0 Å². The van der Waals surface area contributed by atoms with Gasteiger partial charge in [0, 0.05) is 0 Å². The Labute approximate surface area is 174 Å². The van der Waals surface area contributed by atoms with Gasteiger partial charge >= 0.3 is 12.2 Å². The van der Waals surface area contributed by atoms with Crippen LogP contribution in [0, 0.1) is 0 Å². The topological polar surface area (TPSA) is 129 Å². The summed E-state index contributed by atoms with van der Waals surface area (Å²) in [6.45, 7) is 10.5. The molecule has 1 fully saturated rings. The van der Waals surface area contributed by atoms with Gasteiger partial charge in [-0.15, -0.1) is 0 Å². The minimum atomic E-state index is -1.01. The van der Waals surface area contributed by atoms with E-state index in [1.54, 1.807) is 46.1 Å². The highest BCUT2D eigenvalue weighted by molar-refractivity contribution is 6.12. The number of aliphatic hydroxyl groups is 1. The van der Waals surface area contributed by atoms with Crippen LogP contribution in [0.15, 0.2) is 12.7 Å². The summed E-state index contributed by atoms with van der Waals surface area (Å²) in [6.07, 6.45) is 0.334. The number of fused-ring (bicyclic) bond motifs is 1. The van der Waals surface area contributed by atoms with Crippen LogP contribution in [-0.4, -0.2) is 60.9 Å². The van der Waals surface area contributed by atoms with Crippen LogP contribution in [0.25, 0.3) is 11.2 Å². The molecule has 0 saturated carbocycles. The van der Waals surface area contributed by atoms with Crippen molar-refractivity contribution in [1.82, 2.24) is 19.5 Å². The lowest BCUT2D eigenvalue weighted by Gasteiger charge is -2.28. The minimum Gasteiger partial charge on any atom is -0.443 e. The summed E-state index contributed by atoms with van der Waals surface area (Å²) in [7, 11) is 0. The molecule has 11 nitrogen and oxygen atoms in total. The molecule has 3 rings (SSSR count). The first-order chi connectivity index (χ1) is 13.9. The third-order valence-corrected chi connectivity index (χ3v) is 4.09. The first-order valence-electron chi connectivity index (χ1n) is 9.61. The van der Waals surface area contributed by atoms with Gasteiger partial charge in [-0.05, 0) is 48.0 Å². The van der Waals surface area contributed by atoms with Gasteiger partial charge in [-0.25, -0.2) is 24.5 Å². The van der Waals surface area contributed by atoms with Gasteiger partial charge in [0.2, 0.25) is 0 Å². The maximum Gasteiger partial charge on any atom is 0.425 e. The molecule has 1 N–H and O–H groups in total. The van der Waals surface area contributed by atoms with Gasteiger partial charge in [0.1, 0.15) is 17.5 Å². The third kappa shape index (κ3) is 4.68. The van der Waals surface area contributed by atoms with E-state index in [4.69, 9.17) is 14.2 Å². The molecule has 0 bridgehead atoms. The normalized spacial score (nSPS) is 19.7. The van der Waals surface area contributed by atoms with Crippen molar-refractivity contribution in [2.75, 3.05) is 11.5 Å². The van der Waals surface area contributed by atoms with Gasteiger partial charge in [-0.1, -0.05) is 0 Å². The van der Waals surface area contributed by atoms with E-state index < -0.39 is 35.7 Å². The molecular formula is C19H27N5O6. The molecule has 1 saturated heterocycles. The molecule has 2 unspecified atom stereocenters. The predicted octanol–water partition coefficient (Wildman–Crippen LogP) is 2.78. The first kappa shape index (κ1) is 21.9. The lowest BCUT2D eigenvalue weighted by molar-refractivity contribution is -0.0780. The van der Waals surface area contributed by atoms with Gasteiger partial charge in [-0.2, -0.15) is 4.90 Å². The fourth-order valence-electron chi connectivity index (χ4n) is 2.95. The molecule has 30 heavy (non-hydrogen) atoms. The van der Waals surface area contributed by atoms with Gasteiger partial charge in [-0.3, -0.25) is 0 Å². The summed E-state index contributed by atoms with van der Waals surface area (Å²) < 4.78 is 17.6.